The van der Waals surface area contributed by atoms with E-state index in [1.54, 1.807) is 0 Å². The van der Waals surface area contributed by atoms with E-state index in [1.807, 2.05) is 0 Å². The lowest BCUT2D eigenvalue weighted by Gasteiger charge is -2.25. The summed E-state index contributed by atoms with van der Waals surface area (Å²) in [6, 6.07) is 0.523. The van der Waals surface area contributed by atoms with E-state index in [1.165, 1.54) is 24.4 Å². The van der Waals surface area contributed by atoms with Crippen molar-refractivity contribution < 1.29 is 4.79 Å². The zero-order chi connectivity index (χ0) is 12.6. The molecule has 0 atom stereocenters. The largest absolute Gasteiger partial charge is 0.382 e. The van der Waals surface area contributed by atoms with Crippen LogP contribution in [0.4, 0.5) is 10.8 Å². The number of carbonyl (C=O) groups is 1. The van der Waals surface area contributed by atoms with Gasteiger partial charge in [0.1, 0.15) is 10.6 Å². The Kier molecular flexibility index (Phi) is 3.24. The minimum absolute atomic E-state index is 0.256. The fourth-order valence-electron chi connectivity index (χ4n) is 1.90. The Labute approximate surface area is 105 Å². The number of hydrogen-bond acceptors (Lipinski definition) is 5. The Hall–Kier alpha value is -1.30. The molecule has 0 radical (unpaired) electrons. The maximum absolute atomic E-state index is 11.4. The lowest BCUT2D eigenvalue weighted by Crippen LogP contribution is -2.31. The Morgan fingerprint density at radius 1 is 1.59 bits per heavy atom. The second-order valence-corrected chi connectivity index (χ2v) is 5.64. The number of aromatic nitrogens is 1. The van der Waals surface area contributed by atoms with E-state index in [-0.39, 0.29) is 5.82 Å². The summed E-state index contributed by atoms with van der Waals surface area (Å²) in [6.45, 7) is 5.22. The number of amides is 1. The molecule has 1 heterocycles. The van der Waals surface area contributed by atoms with Gasteiger partial charge in [0.05, 0.1) is 0 Å². The highest BCUT2D eigenvalue weighted by molar-refractivity contribution is 7.11. The van der Waals surface area contributed by atoms with E-state index in [2.05, 4.69) is 23.1 Å². The average molecular weight is 254 g/mol. The lowest BCUT2D eigenvalue weighted by molar-refractivity contribution is 0.100. The molecule has 5 nitrogen and oxygen atoms in total. The molecule has 6 heteroatoms. The predicted molar refractivity (Wildman–Crippen MR) is 70.3 cm³/mol. The number of nitrogens with two attached hydrogens (primary N) is 2. The summed E-state index contributed by atoms with van der Waals surface area (Å²) in [5.41, 5.74) is 11.5. The Morgan fingerprint density at radius 3 is 2.71 bits per heavy atom. The summed E-state index contributed by atoms with van der Waals surface area (Å²) >= 11 is 1.27. The number of primary amides is 1. The summed E-state index contributed by atoms with van der Waals surface area (Å²) in [6.07, 6.45) is 2.34. The van der Waals surface area contributed by atoms with Crippen molar-refractivity contribution >= 4 is 28.3 Å². The molecule has 0 spiro atoms. The molecule has 0 aromatic carbocycles. The second-order valence-electron chi connectivity index (χ2n) is 4.89. The highest BCUT2D eigenvalue weighted by Gasteiger charge is 2.33. The molecule has 17 heavy (non-hydrogen) atoms. The fourth-order valence-corrected chi connectivity index (χ4v) is 2.80. The molecule has 0 unspecified atom stereocenters. The fraction of sp³-hybridized carbons (Fsp3) is 0.636. The summed E-state index contributed by atoms with van der Waals surface area (Å²) in [7, 11) is 0. The van der Waals surface area contributed by atoms with Crippen molar-refractivity contribution in [3.63, 3.8) is 0 Å². The van der Waals surface area contributed by atoms with Gasteiger partial charge in [0, 0.05) is 12.6 Å². The van der Waals surface area contributed by atoms with Gasteiger partial charge in [-0.15, -0.1) is 0 Å². The van der Waals surface area contributed by atoms with E-state index >= 15 is 0 Å². The van der Waals surface area contributed by atoms with Crippen LogP contribution in [0.3, 0.4) is 0 Å². The van der Waals surface area contributed by atoms with Gasteiger partial charge in [-0.25, -0.2) is 0 Å². The smallest absolute Gasteiger partial charge is 0.255 e. The molecule has 1 fully saturated rings. The van der Waals surface area contributed by atoms with Crippen molar-refractivity contribution in [2.24, 2.45) is 11.7 Å². The van der Waals surface area contributed by atoms with E-state index < -0.39 is 5.91 Å². The molecule has 94 valence electrons. The normalized spacial score (nSPS) is 15.2. The molecule has 4 N–H and O–H groups in total. The Morgan fingerprint density at radius 2 is 2.24 bits per heavy atom. The zero-order valence-electron chi connectivity index (χ0n) is 10.1. The third kappa shape index (κ3) is 2.52. The number of rotatable bonds is 5. The van der Waals surface area contributed by atoms with Gasteiger partial charge in [-0.1, -0.05) is 13.8 Å². The maximum Gasteiger partial charge on any atom is 0.255 e. The number of carbonyl (C=O) groups excluding carboxylic acids is 1. The second kappa shape index (κ2) is 4.52. The van der Waals surface area contributed by atoms with Crippen molar-refractivity contribution in [1.82, 2.24) is 4.37 Å². The molecule has 1 saturated carbocycles. The van der Waals surface area contributed by atoms with Gasteiger partial charge in [-0.2, -0.15) is 4.37 Å². The van der Waals surface area contributed by atoms with Gasteiger partial charge in [0.25, 0.3) is 5.91 Å². The molecule has 0 bridgehead atoms. The lowest BCUT2D eigenvalue weighted by atomic mass is 10.2. The first-order valence-electron chi connectivity index (χ1n) is 5.82. The van der Waals surface area contributed by atoms with E-state index in [9.17, 15) is 4.79 Å². The Bertz CT molecular complexity index is 425. The molecule has 1 aromatic rings. The maximum atomic E-state index is 11.4. The number of nitrogens with zero attached hydrogens (tertiary/aromatic N) is 2. The van der Waals surface area contributed by atoms with Crippen molar-refractivity contribution in [1.29, 1.82) is 0 Å². The van der Waals surface area contributed by atoms with Crippen molar-refractivity contribution in [2.75, 3.05) is 17.2 Å². The van der Waals surface area contributed by atoms with Crippen LogP contribution < -0.4 is 16.4 Å². The molecule has 0 saturated heterocycles. The Balaban J connectivity index is 2.32. The van der Waals surface area contributed by atoms with Crippen molar-refractivity contribution in [3.8, 4) is 0 Å². The van der Waals surface area contributed by atoms with Gasteiger partial charge in [-0.3, -0.25) is 4.79 Å². The first-order valence-corrected chi connectivity index (χ1v) is 6.59. The van der Waals surface area contributed by atoms with Crippen LogP contribution in [0.15, 0.2) is 0 Å². The standard InChI is InChI=1S/C11H18N4OS/c1-6(2)5-15(7-3-4-7)11-8(10(13)16)9(12)14-17-11/h6-7H,3-5H2,1-2H3,(H2,12,14)(H2,13,16). The van der Waals surface area contributed by atoms with Gasteiger partial charge >= 0.3 is 0 Å². The first-order chi connectivity index (χ1) is 8.00. The first kappa shape index (κ1) is 12.2. The van der Waals surface area contributed by atoms with E-state index in [4.69, 9.17) is 11.5 Å². The topological polar surface area (TPSA) is 85.2 Å². The van der Waals surface area contributed by atoms with Crippen molar-refractivity contribution in [2.45, 2.75) is 32.7 Å². The van der Waals surface area contributed by atoms with Gasteiger partial charge in [-0.05, 0) is 30.3 Å². The highest BCUT2D eigenvalue weighted by Crippen LogP contribution is 2.38. The zero-order valence-corrected chi connectivity index (χ0v) is 11.0. The molecular weight excluding hydrogens is 236 g/mol. The molecule has 1 amide bonds. The third-order valence-electron chi connectivity index (χ3n) is 2.76. The summed E-state index contributed by atoms with van der Waals surface area (Å²) in [4.78, 5) is 13.7. The number of anilines is 2. The van der Waals surface area contributed by atoms with Gasteiger partial charge in [0.2, 0.25) is 0 Å². The van der Waals surface area contributed by atoms with Crippen LogP contribution in [0.2, 0.25) is 0 Å². The molecular formula is C11H18N4OS. The molecule has 0 aliphatic heterocycles. The van der Waals surface area contributed by atoms with Crippen LogP contribution in [0.5, 0.6) is 0 Å². The van der Waals surface area contributed by atoms with Crippen molar-refractivity contribution in [3.05, 3.63) is 5.56 Å². The molecule has 2 rings (SSSR count). The minimum Gasteiger partial charge on any atom is -0.382 e. The van der Waals surface area contributed by atoms with Crippen LogP contribution in [-0.4, -0.2) is 22.9 Å². The minimum atomic E-state index is -0.486. The quantitative estimate of drug-likeness (QED) is 0.832. The third-order valence-corrected chi connectivity index (χ3v) is 3.66. The van der Waals surface area contributed by atoms with Crippen LogP contribution in [0.25, 0.3) is 0 Å². The summed E-state index contributed by atoms with van der Waals surface area (Å²) < 4.78 is 4.05. The predicted octanol–water partition coefficient (Wildman–Crippen LogP) is 1.45. The number of nitrogen functional groups attached to an aromatic ring is 1. The van der Waals surface area contributed by atoms with E-state index in [0.29, 0.717) is 17.5 Å². The van der Waals surface area contributed by atoms with Crippen LogP contribution in [-0.2, 0) is 0 Å². The van der Waals surface area contributed by atoms with Gasteiger partial charge in [0.15, 0.2) is 5.82 Å². The van der Waals surface area contributed by atoms with Crippen LogP contribution >= 0.6 is 11.5 Å². The monoisotopic (exact) mass is 254 g/mol. The van der Waals surface area contributed by atoms with Crippen LogP contribution in [0.1, 0.15) is 37.0 Å². The highest BCUT2D eigenvalue weighted by atomic mass is 32.1. The molecule has 1 aromatic heterocycles. The summed E-state index contributed by atoms with van der Waals surface area (Å²) in [5.74, 6) is 0.298. The van der Waals surface area contributed by atoms with Crippen LogP contribution in [0, 0.1) is 5.92 Å². The SMILES string of the molecule is CC(C)CN(c1snc(N)c1C(N)=O)C1CC1. The summed E-state index contributed by atoms with van der Waals surface area (Å²) in [5, 5.41) is 0.839. The number of hydrogen-bond donors (Lipinski definition) is 2. The van der Waals surface area contributed by atoms with Gasteiger partial charge < -0.3 is 16.4 Å². The molecule has 1 aliphatic rings. The van der Waals surface area contributed by atoms with E-state index in [0.717, 1.165) is 11.5 Å². The average Bonchev–Trinajstić information content (AvgIpc) is 2.98. The molecule has 1 aliphatic carbocycles.